The molecule has 21 heavy (non-hydrogen) atoms. The van der Waals surface area contributed by atoms with Gasteiger partial charge in [0, 0.05) is 29.7 Å². The van der Waals surface area contributed by atoms with Crippen molar-refractivity contribution in [1.29, 1.82) is 0 Å². The number of aliphatic hydroxyl groups excluding tert-OH is 1. The number of benzene rings is 1. The van der Waals surface area contributed by atoms with Gasteiger partial charge in [0.1, 0.15) is 0 Å². The van der Waals surface area contributed by atoms with Crippen LogP contribution in [-0.4, -0.2) is 40.1 Å². The second-order valence-corrected chi connectivity index (χ2v) is 6.12. The van der Waals surface area contributed by atoms with Crippen LogP contribution in [0.3, 0.4) is 0 Å². The summed E-state index contributed by atoms with van der Waals surface area (Å²) in [5.74, 6) is 0.387. The number of piperidine rings is 1. The Kier molecular flexibility index (Phi) is 3.72. The number of aromatic amines is 1. The Labute approximate surface area is 124 Å². The topological polar surface area (TPSA) is 56.3 Å². The number of hydrogen-bond acceptors (Lipinski definition) is 2. The number of carbonyl (C=O) groups is 1. The molecule has 2 unspecified atom stereocenters. The summed E-state index contributed by atoms with van der Waals surface area (Å²) in [6, 6.07) is 8.07. The molecule has 0 aliphatic carbocycles. The number of likely N-dealkylation sites (tertiary alicyclic amines) is 1. The Balaban J connectivity index is 1.79. The molecule has 4 nitrogen and oxygen atoms in total. The van der Waals surface area contributed by atoms with E-state index < -0.39 is 6.10 Å². The first kappa shape index (κ1) is 14.1. The van der Waals surface area contributed by atoms with E-state index in [4.69, 9.17) is 0 Å². The predicted octanol–water partition coefficient (Wildman–Crippen LogP) is 2.25. The number of rotatable bonds is 2. The normalized spacial score (nSPS) is 22.7. The molecule has 0 radical (unpaired) electrons. The van der Waals surface area contributed by atoms with E-state index >= 15 is 0 Å². The van der Waals surface area contributed by atoms with Gasteiger partial charge >= 0.3 is 0 Å². The first-order valence-corrected chi connectivity index (χ1v) is 7.58. The number of hydrogen-bond donors (Lipinski definition) is 2. The lowest BCUT2D eigenvalue weighted by Gasteiger charge is -2.34. The third kappa shape index (κ3) is 2.68. The lowest BCUT2D eigenvalue weighted by molar-refractivity contribution is -0.134. The van der Waals surface area contributed by atoms with Gasteiger partial charge in [0.2, 0.25) is 5.91 Å². The van der Waals surface area contributed by atoms with Crippen LogP contribution in [-0.2, 0) is 11.2 Å². The molecule has 1 saturated heterocycles. The van der Waals surface area contributed by atoms with Crippen molar-refractivity contribution in [2.24, 2.45) is 5.92 Å². The molecular weight excluding hydrogens is 264 g/mol. The molecule has 0 saturated carbocycles. The lowest BCUT2D eigenvalue weighted by Crippen LogP contribution is -2.46. The monoisotopic (exact) mass is 286 g/mol. The number of aliphatic hydroxyl groups is 1. The summed E-state index contributed by atoms with van der Waals surface area (Å²) in [6.07, 6.45) is 0.878. The number of aromatic nitrogens is 1. The van der Waals surface area contributed by atoms with Crippen molar-refractivity contribution in [3.05, 3.63) is 35.5 Å². The van der Waals surface area contributed by atoms with Gasteiger partial charge in [0.25, 0.3) is 0 Å². The summed E-state index contributed by atoms with van der Waals surface area (Å²) in [5.41, 5.74) is 3.20. The van der Waals surface area contributed by atoms with E-state index in [1.54, 1.807) is 4.90 Å². The summed E-state index contributed by atoms with van der Waals surface area (Å²) in [6.45, 7) is 5.26. The molecule has 2 N–H and O–H groups in total. The van der Waals surface area contributed by atoms with Crippen LogP contribution in [0.5, 0.6) is 0 Å². The van der Waals surface area contributed by atoms with Crippen LogP contribution in [0.1, 0.15) is 24.6 Å². The highest BCUT2D eigenvalue weighted by Gasteiger charge is 2.27. The van der Waals surface area contributed by atoms with E-state index in [0.717, 1.165) is 35.1 Å². The van der Waals surface area contributed by atoms with Crippen molar-refractivity contribution in [3.63, 3.8) is 0 Å². The van der Waals surface area contributed by atoms with Crippen LogP contribution in [0.4, 0.5) is 0 Å². The second kappa shape index (κ2) is 5.53. The lowest BCUT2D eigenvalue weighted by atomic mass is 9.95. The number of para-hydroxylation sites is 1. The van der Waals surface area contributed by atoms with E-state index in [1.165, 1.54) is 0 Å². The number of nitrogens with zero attached hydrogens (tertiary/aromatic N) is 1. The van der Waals surface area contributed by atoms with Crippen molar-refractivity contribution >= 4 is 16.8 Å². The Morgan fingerprint density at radius 1 is 1.43 bits per heavy atom. The van der Waals surface area contributed by atoms with Gasteiger partial charge < -0.3 is 15.0 Å². The Morgan fingerprint density at radius 2 is 2.19 bits per heavy atom. The third-order valence-corrected chi connectivity index (χ3v) is 4.63. The maximum Gasteiger partial charge on any atom is 0.227 e. The standard InChI is InChI=1S/C17H22N2O2/c1-11-7-8-19(10-16(11)20)17(21)9-14-12(2)18-15-6-4-3-5-13(14)15/h3-6,11,16,18,20H,7-10H2,1-2H3. The van der Waals surface area contributed by atoms with Crippen molar-refractivity contribution in [3.8, 4) is 0 Å². The maximum absolute atomic E-state index is 12.5. The van der Waals surface area contributed by atoms with Crippen LogP contribution in [0, 0.1) is 12.8 Å². The fraction of sp³-hybridized carbons (Fsp3) is 0.471. The summed E-state index contributed by atoms with van der Waals surface area (Å²) >= 11 is 0. The quantitative estimate of drug-likeness (QED) is 0.889. The minimum Gasteiger partial charge on any atom is -0.391 e. The Hall–Kier alpha value is -1.81. The van der Waals surface area contributed by atoms with Crippen molar-refractivity contribution < 1.29 is 9.90 Å². The van der Waals surface area contributed by atoms with Crippen molar-refractivity contribution in [2.75, 3.05) is 13.1 Å². The van der Waals surface area contributed by atoms with E-state index in [2.05, 4.69) is 11.1 Å². The third-order valence-electron chi connectivity index (χ3n) is 4.63. The molecule has 2 aromatic rings. The van der Waals surface area contributed by atoms with Crippen LogP contribution >= 0.6 is 0 Å². The molecule has 1 aliphatic rings. The molecule has 0 spiro atoms. The number of H-pyrrole nitrogens is 1. The molecular formula is C17H22N2O2. The molecule has 1 aromatic heterocycles. The highest BCUT2D eigenvalue weighted by molar-refractivity contribution is 5.90. The summed E-state index contributed by atoms with van der Waals surface area (Å²) < 4.78 is 0. The summed E-state index contributed by atoms with van der Waals surface area (Å²) in [7, 11) is 0. The highest BCUT2D eigenvalue weighted by Crippen LogP contribution is 2.24. The molecule has 1 amide bonds. The first-order valence-electron chi connectivity index (χ1n) is 7.58. The van der Waals surface area contributed by atoms with Crippen LogP contribution < -0.4 is 0 Å². The van der Waals surface area contributed by atoms with E-state index in [0.29, 0.717) is 13.0 Å². The number of amides is 1. The molecule has 112 valence electrons. The first-order chi connectivity index (χ1) is 10.1. The van der Waals surface area contributed by atoms with Crippen LogP contribution in [0.15, 0.2) is 24.3 Å². The number of β-amino-alcohol motifs (C(OH)–C–C–N with tert-alkyl or cyclic N) is 1. The molecule has 1 aliphatic heterocycles. The number of nitrogens with one attached hydrogen (secondary N) is 1. The number of fused-ring (bicyclic) bond motifs is 1. The van der Waals surface area contributed by atoms with Gasteiger partial charge in [0.05, 0.1) is 12.5 Å². The van der Waals surface area contributed by atoms with Gasteiger partial charge in [-0.05, 0) is 30.9 Å². The molecule has 2 heterocycles. The SMILES string of the molecule is Cc1[nH]c2ccccc2c1CC(=O)N1CCC(C)C(O)C1. The number of aryl methyl sites for hydroxylation is 1. The molecule has 3 rings (SSSR count). The zero-order chi connectivity index (χ0) is 15.0. The van der Waals surface area contributed by atoms with Gasteiger partial charge in [0.15, 0.2) is 0 Å². The highest BCUT2D eigenvalue weighted by atomic mass is 16.3. The summed E-state index contributed by atoms with van der Waals surface area (Å²) in [4.78, 5) is 17.6. The zero-order valence-electron chi connectivity index (χ0n) is 12.6. The van der Waals surface area contributed by atoms with E-state index in [1.807, 2.05) is 32.0 Å². The molecule has 2 atom stereocenters. The minimum absolute atomic E-state index is 0.105. The maximum atomic E-state index is 12.5. The fourth-order valence-corrected chi connectivity index (χ4v) is 3.10. The van der Waals surface area contributed by atoms with Gasteiger partial charge in [-0.3, -0.25) is 4.79 Å². The average Bonchev–Trinajstić information content (AvgIpc) is 2.78. The molecule has 1 fully saturated rings. The van der Waals surface area contributed by atoms with Gasteiger partial charge in [-0.25, -0.2) is 0 Å². The molecule has 0 bridgehead atoms. The van der Waals surface area contributed by atoms with E-state index in [9.17, 15) is 9.90 Å². The summed E-state index contributed by atoms with van der Waals surface area (Å²) in [5, 5.41) is 11.1. The van der Waals surface area contributed by atoms with E-state index in [-0.39, 0.29) is 11.8 Å². The smallest absolute Gasteiger partial charge is 0.227 e. The van der Waals surface area contributed by atoms with Crippen LogP contribution in [0.2, 0.25) is 0 Å². The fourth-order valence-electron chi connectivity index (χ4n) is 3.10. The van der Waals surface area contributed by atoms with Crippen molar-refractivity contribution in [2.45, 2.75) is 32.8 Å². The largest absolute Gasteiger partial charge is 0.391 e. The van der Waals surface area contributed by atoms with Crippen LogP contribution in [0.25, 0.3) is 10.9 Å². The van der Waals surface area contributed by atoms with Gasteiger partial charge in [-0.15, -0.1) is 0 Å². The van der Waals surface area contributed by atoms with Gasteiger partial charge in [-0.1, -0.05) is 25.1 Å². The second-order valence-electron chi connectivity index (χ2n) is 6.12. The minimum atomic E-state index is -0.397. The van der Waals surface area contributed by atoms with Gasteiger partial charge in [-0.2, -0.15) is 0 Å². The zero-order valence-corrected chi connectivity index (χ0v) is 12.6. The Morgan fingerprint density at radius 3 is 2.95 bits per heavy atom. The predicted molar refractivity (Wildman–Crippen MR) is 83.1 cm³/mol. The molecule has 4 heteroatoms. The molecule has 1 aromatic carbocycles. The average molecular weight is 286 g/mol. The van der Waals surface area contributed by atoms with Crippen molar-refractivity contribution in [1.82, 2.24) is 9.88 Å². The Bertz CT molecular complexity index is 662. The number of carbonyl (C=O) groups excluding carboxylic acids is 1.